The molecule has 0 bridgehead atoms. The van der Waals surface area contributed by atoms with E-state index < -0.39 is 5.60 Å². The third kappa shape index (κ3) is 4.94. The van der Waals surface area contributed by atoms with Crippen molar-refractivity contribution in [3.63, 3.8) is 0 Å². The van der Waals surface area contributed by atoms with E-state index in [4.69, 9.17) is 10.00 Å². The van der Waals surface area contributed by atoms with E-state index in [2.05, 4.69) is 26.3 Å². The number of carbonyl (C=O) groups excluding carboxylic acids is 1. The van der Waals surface area contributed by atoms with Crippen LogP contribution in [-0.4, -0.2) is 50.7 Å². The van der Waals surface area contributed by atoms with Gasteiger partial charge >= 0.3 is 6.09 Å². The molecule has 1 unspecified atom stereocenters. The molecule has 1 fully saturated rings. The standard InChI is InChI=1S/C20H24N6O2/c1-20(2,3)28-19(27)26-6-4-5-16(26)11-24-18-13-23-17(12-25-18)15-7-14(8-21)9-22-10-15/h7,9-10,12-13,16H,4-6,11H2,1-3H3,(H,24,25). The number of anilines is 1. The van der Waals surface area contributed by atoms with E-state index in [1.807, 2.05) is 20.8 Å². The number of nitrogens with zero attached hydrogens (tertiary/aromatic N) is 5. The number of nitriles is 1. The van der Waals surface area contributed by atoms with Crippen LogP contribution in [0, 0.1) is 11.3 Å². The molecule has 2 aromatic heterocycles. The third-order valence-electron chi connectivity index (χ3n) is 4.34. The first-order valence-corrected chi connectivity index (χ1v) is 9.27. The Hall–Kier alpha value is -3.21. The van der Waals surface area contributed by atoms with Crippen LogP contribution >= 0.6 is 0 Å². The van der Waals surface area contributed by atoms with Gasteiger partial charge in [0.25, 0.3) is 0 Å². The maximum absolute atomic E-state index is 12.4. The molecule has 1 saturated heterocycles. The number of rotatable bonds is 4. The van der Waals surface area contributed by atoms with Gasteiger partial charge in [-0.1, -0.05) is 0 Å². The monoisotopic (exact) mass is 380 g/mol. The number of hydrogen-bond acceptors (Lipinski definition) is 7. The second-order valence-corrected chi connectivity index (χ2v) is 7.71. The molecule has 1 atom stereocenters. The van der Waals surface area contributed by atoms with E-state index in [9.17, 15) is 4.79 Å². The molecule has 0 saturated carbocycles. The molecule has 8 heteroatoms. The lowest BCUT2D eigenvalue weighted by atomic mass is 10.2. The molecular weight excluding hydrogens is 356 g/mol. The van der Waals surface area contributed by atoms with E-state index in [0.29, 0.717) is 30.2 Å². The van der Waals surface area contributed by atoms with E-state index in [1.165, 1.54) is 6.20 Å². The predicted molar refractivity (Wildman–Crippen MR) is 104 cm³/mol. The fourth-order valence-electron chi connectivity index (χ4n) is 3.04. The molecule has 3 heterocycles. The van der Waals surface area contributed by atoms with Crippen molar-refractivity contribution >= 4 is 11.9 Å². The Balaban J connectivity index is 1.60. The van der Waals surface area contributed by atoms with Crippen LogP contribution in [0.15, 0.2) is 30.9 Å². The summed E-state index contributed by atoms with van der Waals surface area (Å²) in [7, 11) is 0. The molecular formula is C20H24N6O2. The fourth-order valence-corrected chi connectivity index (χ4v) is 3.04. The average molecular weight is 380 g/mol. The SMILES string of the molecule is CC(C)(C)OC(=O)N1CCCC1CNc1cnc(-c2cncc(C#N)c2)cn1. The first-order chi connectivity index (χ1) is 13.4. The molecule has 1 aliphatic rings. The smallest absolute Gasteiger partial charge is 0.410 e. The van der Waals surface area contributed by atoms with Gasteiger partial charge in [-0.2, -0.15) is 5.26 Å². The Morgan fingerprint density at radius 2 is 2.14 bits per heavy atom. The van der Waals surface area contributed by atoms with Crippen LogP contribution in [0.25, 0.3) is 11.3 Å². The number of amides is 1. The highest BCUT2D eigenvalue weighted by Crippen LogP contribution is 2.22. The van der Waals surface area contributed by atoms with Gasteiger partial charge in [0.1, 0.15) is 17.5 Å². The number of hydrogen-bond donors (Lipinski definition) is 1. The summed E-state index contributed by atoms with van der Waals surface area (Å²) < 4.78 is 5.49. The lowest BCUT2D eigenvalue weighted by Gasteiger charge is -2.28. The van der Waals surface area contributed by atoms with Gasteiger partial charge in [0.15, 0.2) is 0 Å². The highest BCUT2D eigenvalue weighted by molar-refractivity contribution is 5.69. The van der Waals surface area contributed by atoms with Crippen molar-refractivity contribution in [2.45, 2.75) is 45.3 Å². The first kappa shape index (κ1) is 19.5. The summed E-state index contributed by atoms with van der Waals surface area (Å²) in [5.41, 5.74) is 1.36. The molecule has 1 amide bonds. The number of ether oxygens (including phenoxy) is 1. The second kappa shape index (κ2) is 8.21. The zero-order chi connectivity index (χ0) is 20.1. The minimum Gasteiger partial charge on any atom is -0.444 e. The number of carbonyl (C=O) groups is 1. The largest absolute Gasteiger partial charge is 0.444 e. The van der Waals surface area contributed by atoms with Gasteiger partial charge in [-0.05, 0) is 39.7 Å². The molecule has 1 aliphatic heterocycles. The van der Waals surface area contributed by atoms with E-state index >= 15 is 0 Å². The highest BCUT2D eigenvalue weighted by atomic mass is 16.6. The summed E-state index contributed by atoms with van der Waals surface area (Å²) in [4.78, 5) is 26.9. The molecule has 28 heavy (non-hydrogen) atoms. The number of nitrogens with one attached hydrogen (secondary N) is 1. The van der Waals surface area contributed by atoms with Crippen molar-refractivity contribution in [3.05, 3.63) is 36.4 Å². The Kier molecular flexibility index (Phi) is 5.73. The zero-order valence-corrected chi connectivity index (χ0v) is 16.3. The minimum absolute atomic E-state index is 0.0628. The van der Waals surface area contributed by atoms with Crippen LogP contribution < -0.4 is 5.32 Å². The van der Waals surface area contributed by atoms with Gasteiger partial charge in [-0.15, -0.1) is 0 Å². The summed E-state index contributed by atoms with van der Waals surface area (Å²) >= 11 is 0. The Labute approximate surface area is 164 Å². The molecule has 0 aromatic carbocycles. The lowest BCUT2D eigenvalue weighted by Crippen LogP contribution is -2.42. The topological polar surface area (TPSA) is 104 Å². The maximum atomic E-state index is 12.4. The van der Waals surface area contributed by atoms with Gasteiger partial charge < -0.3 is 15.0 Å². The van der Waals surface area contributed by atoms with Gasteiger partial charge in [-0.3, -0.25) is 9.97 Å². The number of pyridine rings is 1. The van der Waals surface area contributed by atoms with Gasteiger partial charge in [0.2, 0.25) is 0 Å². The first-order valence-electron chi connectivity index (χ1n) is 9.27. The van der Waals surface area contributed by atoms with Crippen LogP contribution in [0.4, 0.5) is 10.6 Å². The van der Waals surface area contributed by atoms with Crippen molar-refractivity contribution in [2.75, 3.05) is 18.4 Å². The van der Waals surface area contributed by atoms with Crippen LogP contribution in [-0.2, 0) is 4.74 Å². The van der Waals surface area contributed by atoms with E-state index in [0.717, 1.165) is 18.4 Å². The van der Waals surface area contributed by atoms with Crippen LogP contribution in [0.5, 0.6) is 0 Å². The van der Waals surface area contributed by atoms with Gasteiger partial charge in [0, 0.05) is 31.0 Å². The van der Waals surface area contributed by atoms with Gasteiger partial charge in [-0.25, -0.2) is 9.78 Å². The molecule has 3 rings (SSSR count). The van der Waals surface area contributed by atoms with Crippen molar-refractivity contribution in [3.8, 4) is 17.3 Å². The van der Waals surface area contributed by atoms with Crippen LogP contribution in [0.3, 0.4) is 0 Å². The summed E-state index contributed by atoms with van der Waals surface area (Å²) in [6.07, 6.45) is 8.04. The Morgan fingerprint density at radius 3 is 2.82 bits per heavy atom. The van der Waals surface area contributed by atoms with E-state index in [-0.39, 0.29) is 12.1 Å². The summed E-state index contributed by atoms with van der Waals surface area (Å²) in [6, 6.07) is 3.85. The summed E-state index contributed by atoms with van der Waals surface area (Å²) in [6.45, 7) is 6.89. The quantitative estimate of drug-likeness (QED) is 0.868. The van der Waals surface area contributed by atoms with Crippen molar-refractivity contribution in [2.24, 2.45) is 0 Å². The predicted octanol–water partition coefficient (Wildman–Crippen LogP) is 3.22. The second-order valence-electron chi connectivity index (χ2n) is 7.71. The van der Waals surface area contributed by atoms with E-state index in [1.54, 1.807) is 29.6 Å². The molecule has 0 spiro atoms. The molecule has 2 aromatic rings. The van der Waals surface area contributed by atoms with Crippen LogP contribution in [0.2, 0.25) is 0 Å². The lowest BCUT2D eigenvalue weighted by molar-refractivity contribution is 0.0235. The summed E-state index contributed by atoms with van der Waals surface area (Å²) in [5, 5.41) is 12.2. The number of aromatic nitrogens is 3. The Bertz CT molecular complexity index is 870. The van der Waals surface area contributed by atoms with Crippen LogP contribution in [0.1, 0.15) is 39.2 Å². The van der Waals surface area contributed by atoms with Gasteiger partial charge in [0.05, 0.1) is 29.7 Å². The zero-order valence-electron chi connectivity index (χ0n) is 16.3. The molecule has 0 radical (unpaired) electrons. The normalized spacial score (nSPS) is 16.5. The molecule has 0 aliphatic carbocycles. The molecule has 146 valence electrons. The molecule has 8 nitrogen and oxygen atoms in total. The Morgan fingerprint density at radius 1 is 1.32 bits per heavy atom. The van der Waals surface area contributed by atoms with Crippen molar-refractivity contribution in [1.82, 2.24) is 19.9 Å². The van der Waals surface area contributed by atoms with Crippen molar-refractivity contribution in [1.29, 1.82) is 5.26 Å². The maximum Gasteiger partial charge on any atom is 0.410 e. The minimum atomic E-state index is -0.503. The van der Waals surface area contributed by atoms with Crippen molar-refractivity contribution < 1.29 is 9.53 Å². The molecule has 1 N–H and O–H groups in total. The number of likely N-dealkylation sites (tertiary alicyclic amines) is 1. The average Bonchev–Trinajstić information content (AvgIpc) is 3.14. The fraction of sp³-hybridized carbons (Fsp3) is 0.450. The third-order valence-corrected chi connectivity index (χ3v) is 4.34. The highest BCUT2D eigenvalue weighted by Gasteiger charge is 2.31. The summed E-state index contributed by atoms with van der Waals surface area (Å²) in [5.74, 6) is 0.629.